The van der Waals surface area contributed by atoms with Crippen molar-refractivity contribution in [3.63, 3.8) is 0 Å². The molecule has 0 rings (SSSR count). The Bertz CT molecular complexity index is 253. The molecule has 0 aromatic carbocycles. The summed E-state index contributed by atoms with van der Waals surface area (Å²) in [5.41, 5.74) is 1.88. The SMILES string of the molecule is CC(C)(C)OC(=O)NCCCCNC(=S)NN. The molecule has 7 heteroatoms. The second kappa shape index (κ2) is 8.08. The fourth-order valence-electron chi connectivity index (χ4n) is 1.01. The summed E-state index contributed by atoms with van der Waals surface area (Å²) in [7, 11) is 0. The highest BCUT2D eigenvalue weighted by Gasteiger charge is 2.15. The maximum atomic E-state index is 11.2. The van der Waals surface area contributed by atoms with Gasteiger partial charge < -0.3 is 20.8 Å². The van der Waals surface area contributed by atoms with E-state index in [0.29, 0.717) is 11.7 Å². The summed E-state index contributed by atoms with van der Waals surface area (Å²) in [6, 6.07) is 0. The summed E-state index contributed by atoms with van der Waals surface area (Å²) in [6.45, 7) is 6.80. The first-order valence-electron chi connectivity index (χ1n) is 5.56. The largest absolute Gasteiger partial charge is 0.444 e. The maximum absolute atomic E-state index is 11.2. The van der Waals surface area contributed by atoms with Crippen LogP contribution in [0.5, 0.6) is 0 Å². The Labute approximate surface area is 108 Å². The van der Waals surface area contributed by atoms with Crippen LogP contribution in [-0.2, 0) is 4.74 Å². The molecule has 0 radical (unpaired) electrons. The van der Waals surface area contributed by atoms with Crippen molar-refractivity contribution in [2.24, 2.45) is 5.84 Å². The molecule has 0 aromatic rings. The minimum atomic E-state index is -0.454. The number of hydrazine groups is 1. The first-order chi connectivity index (χ1) is 7.85. The van der Waals surface area contributed by atoms with Gasteiger partial charge in [0.2, 0.25) is 0 Å². The van der Waals surface area contributed by atoms with Crippen molar-refractivity contribution in [2.75, 3.05) is 13.1 Å². The number of hydrogen-bond donors (Lipinski definition) is 4. The molecule has 0 saturated carbocycles. The second-order valence-electron chi connectivity index (χ2n) is 4.54. The number of nitrogens with one attached hydrogen (secondary N) is 3. The van der Waals surface area contributed by atoms with Gasteiger partial charge in [0.25, 0.3) is 0 Å². The zero-order chi connectivity index (χ0) is 13.3. The third-order valence-electron chi connectivity index (χ3n) is 1.69. The third kappa shape index (κ3) is 11.2. The van der Waals surface area contributed by atoms with Crippen LogP contribution in [0.25, 0.3) is 0 Å². The van der Waals surface area contributed by atoms with Crippen molar-refractivity contribution in [1.82, 2.24) is 16.1 Å². The Balaban J connectivity index is 3.40. The number of amides is 1. The lowest BCUT2D eigenvalue weighted by Crippen LogP contribution is -2.40. The summed E-state index contributed by atoms with van der Waals surface area (Å²) in [5.74, 6) is 5.08. The van der Waals surface area contributed by atoms with Crippen molar-refractivity contribution in [3.05, 3.63) is 0 Å². The zero-order valence-electron chi connectivity index (χ0n) is 10.6. The predicted molar refractivity (Wildman–Crippen MR) is 71.4 cm³/mol. The monoisotopic (exact) mass is 262 g/mol. The van der Waals surface area contributed by atoms with Crippen LogP contribution in [0.3, 0.4) is 0 Å². The zero-order valence-corrected chi connectivity index (χ0v) is 11.4. The lowest BCUT2D eigenvalue weighted by atomic mass is 10.2. The highest BCUT2D eigenvalue weighted by atomic mass is 32.1. The van der Waals surface area contributed by atoms with E-state index in [2.05, 4.69) is 16.1 Å². The minimum absolute atomic E-state index is 0.385. The topological polar surface area (TPSA) is 88.4 Å². The molecule has 0 aliphatic rings. The normalized spacial score (nSPS) is 10.6. The van der Waals surface area contributed by atoms with Gasteiger partial charge in [0.05, 0.1) is 0 Å². The van der Waals surface area contributed by atoms with E-state index in [1.165, 1.54) is 0 Å². The molecule has 0 fully saturated rings. The number of carbonyl (C=O) groups excluding carboxylic acids is 1. The molecule has 5 N–H and O–H groups in total. The number of unbranched alkanes of at least 4 members (excludes halogenated alkanes) is 1. The smallest absolute Gasteiger partial charge is 0.407 e. The molecule has 0 unspecified atom stereocenters. The molecule has 6 nitrogen and oxygen atoms in total. The molecule has 0 aromatic heterocycles. The Morgan fingerprint density at radius 2 is 1.76 bits per heavy atom. The van der Waals surface area contributed by atoms with Crippen LogP contribution in [0.1, 0.15) is 33.6 Å². The number of nitrogens with two attached hydrogens (primary N) is 1. The molecule has 100 valence electrons. The molecule has 0 spiro atoms. The minimum Gasteiger partial charge on any atom is -0.444 e. The van der Waals surface area contributed by atoms with Gasteiger partial charge in [-0.25, -0.2) is 10.6 Å². The predicted octanol–water partition coefficient (Wildman–Crippen LogP) is 0.629. The summed E-state index contributed by atoms with van der Waals surface area (Å²) in [6.07, 6.45) is 1.35. The van der Waals surface area contributed by atoms with Gasteiger partial charge >= 0.3 is 6.09 Å². The van der Waals surface area contributed by atoms with Crippen LogP contribution in [0.4, 0.5) is 4.79 Å². The molecule has 0 bridgehead atoms. The maximum Gasteiger partial charge on any atom is 0.407 e. The van der Waals surface area contributed by atoms with Gasteiger partial charge in [-0.3, -0.25) is 0 Å². The van der Waals surface area contributed by atoms with Crippen LogP contribution in [0.15, 0.2) is 0 Å². The second-order valence-corrected chi connectivity index (χ2v) is 4.94. The van der Waals surface area contributed by atoms with Crippen molar-refractivity contribution in [2.45, 2.75) is 39.2 Å². The lowest BCUT2D eigenvalue weighted by molar-refractivity contribution is 0.0527. The fraction of sp³-hybridized carbons (Fsp3) is 0.800. The summed E-state index contributed by atoms with van der Waals surface area (Å²) in [5, 5.41) is 6.01. The van der Waals surface area contributed by atoms with E-state index in [4.69, 9.17) is 22.8 Å². The first-order valence-corrected chi connectivity index (χ1v) is 5.97. The Hall–Kier alpha value is -1.08. The standard InChI is InChI=1S/C10H22N4O2S/c1-10(2,3)16-9(15)13-7-5-4-6-12-8(17)14-11/h4-7,11H2,1-3H3,(H,13,15)(H2,12,14,17). The summed E-state index contributed by atoms with van der Waals surface area (Å²) >= 11 is 4.80. The molecule has 0 aliphatic heterocycles. The molecule has 0 saturated heterocycles. The van der Waals surface area contributed by atoms with Crippen molar-refractivity contribution in [1.29, 1.82) is 0 Å². The number of carbonyl (C=O) groups is 1. The van der Waals surface area contributed by atoms with Gasteiger partial charge in [0, 0.05) is 13.1 Å². The van der Waals surface area contributed by atoms with E-state index in [1.807, 2.05) is 20.8 Å². The van der Waals surface area contributed by atoms with Crippen molar-refractivity contribution < 1.29 is 9.53 Å². The van der Waals surface area contributed by atoms with Crippen LogP contribution >= 0.6 is 12.2 Å². The summed E-state index contributed by atoms with van der Waals surface area (Å²) in [4.78, 5) is 11.2. The van der Waals surface area contributed by atoms with Crippen LogP contribution < -0.4 is 21.9 Å². The van der Waals surface area contributed by atoms with E-state index in [9.17, 15) is 4.79 Å². The van der Waals surface area contributed by atoms with Gasteiger partial charge in [0.1, 0.15) is 5.60 Å². The molecular formula is C10H22N4O2S. The van der Waals surface area contributed by atoms with Crippen molar-refractivity contribution >= 4 is 23.4 Å². The fourth-order valence-corrected chi connectivity index (χ4v) is 1.11. The average Bonchev–Trinajstić information content (AvgIpc) is 2.20. The van der Waals surface area contributed by atoms with E-state index in [-0.39, 0.29) is 6.09 Å². The molecule has 0 atom stereocenters. The van der Waals surface area contributed by atoms with E-state index in [0.717, 1.165) is 19.4 Å². The van der Waals surface area contributed by atoms with E-state index < -0.39 is 5.60 Å². The number of alkyl carbamates (subject to hydrolysis) is 1. The van der Waals surface area contributed by atoms with Gasteiger partial charge in [-0.1, -0.05) is 0 Å². The Morgan fingerprint density at radius 1 is 1.24 bits per heavy atom. The third-order valence-corrected chi connectivity index (χ3v) is 1.95. The molecular weight excluding hydrogens is 240 g/mol. The highest BCUT2D eigenvalue weighted by molar-refractivity contribution is 7.80. The van der Waals surface area contributed by atoms with Gasteiger partial charge in [-0.05, 0) is 45.8 Å². The van der Waals surface area contributed by atoms with E-state index >= 15 is 0 Å². The molecule has 0 heterocycles. The molecule has 17 heavy (non-hydrogen) atoms. The average molecular weight is 262 g/mol. The number of rotatable bonds is 5. The van der Waals surface area contributed by atoms with Gasteiger partial charge in [-0.2, -0.15) is 0 Å². The summed E-state index contributed by atoms with van der Waals surface area (Å²) < 4.78 is 5.09. The van der Waals surface area contributed by atoms with Gasteiger partial charge in [0.15, 0.2) is 5.11 Å². The quantitative estimate of drug-likeness (QED) is 0.251. The number of ether oxygens (including phenoxy) is 1. The van der Waals surface area contributed by atoms with Crippen molar-refractivity contribution in [3.8, 4) is 0 Å². The van der Waals surface area contributed by atoms with Crippen LogP contribution in [0, 0.1) is 0 Å². The number of thiocarbonyl (C=S) groups is 1. The Morgan fingerprint density at radius 3 is 2.24 bits per heavy atom. The molecule has 0 aliphatic carbocycles. The van der Waals surface area contributed by atoms with Crippen LogP contribution in [0.2, 0.25) is 0 Å². The highest BCUT2D eigenvalue weighted by Crippen LogP contribution is 2.06. The van der Waals surface area contributed by atoms with E-state index in [1.54, 1.807) is 0 Å². The first kappa shape index (κ1) is 15.9. The number of hydrogen-bond acceptors (Lipinski definition) is 4. The van der Waals surface area contributed by atoms with Crippen LogP contribution in [-0.4, -0.2) is 29.9 Å². The van der Waals surface area contributed by atoms with Gasteiger partial charge in [-0.15, -0.1) is 0 Å². The Kier molecular flexibility index (Phi) is 7.56. The lowest BCUT2D eigenvalue weighted by Gasteiger charge is -2.19. The molecule has 1 amide bonds.